The Kier molecular flexibility index (Phi) is 2.91. The molecule has 0 unspecified atom stereocenters. The second kappa shape index (κ2) is 4.35. The fraction of sp³-hybridized carbons (Fsp3) is 0.364. The van der Waals surface area contributed by atoms with Crippen molar-refractivity contribution in [2.75, 3.05) is 13.2 Å². The highest BCUT2D eigenvalue weighted by molar-refractivity contribution is 5.77. The highest BCUT2D eigenvalue weighted by Gasteiger charge is 2.18. The molecular formula is C11H12O3. The molecule has 1 heterocycles. The predicted molar refractivity (Wildman–Crippen MR) is 51.1 cm³/mol. The minimum atomic E-state index is -0.370. The summed E-state index contributed by atoms with van der Waals surface area (Å²) in [6.07, 6.45) is 1.38. The molecule has 0 radical (unpaired) electrons. The van der Waals surface area contributed by atoms with E-state index in [1.54, 1.807) is 6.07 Å². The molecule has 0 aromatic heterocycles. The number of benzene rings is 1. The average Bonchev–Trinajstić information content (AvgIpc) is 2.30. The van der Waals surface area contributed by atoms with Crippen LogP contribution in [0, 0.1) is 0 Å². The van der Waals surface area contributed by atoms with Crippen molar-refractivity contribution in [1.29, 1.82) is 0 Å². The highest BCUT2D eigenvalue weighted by Crippen LogP contribution is 2.24. The fourth-order valence-electron chi connectivity index (χ4n) is 1.50. The zero-order valence-corrected chi connectivity index (χ0v) is 7.81. The fourth-order valence-corrected chi connectivity index (χ4v) is 1.50. The van der Waals surface area contributed by atoms with Crippen molar-refractivity contribution in [3.63, 3.8) is 0 Å². The van der Waals surface area contributed by atoms with Gasteiger partial charge in [0.2, 0.25) is 0 Å². The summed E-state index contributed by atoms with van der Waals surface area (Å²) in [6, 6.07) is 7.34. The van der Waals surface area contributed by atoms with Gasteiger partial charge in [-0.05, 0) is 6.42 Å². The van der Waals surface area contributed by atoms with Crippen LogP contribution in [0.3, 0.4) is 0 Å². The molecule has 3 nitrogen and oxygen atoms in total. The molecule has 14 heavy (non-hydrogen) atoms. The molecule has 0 N–H and O–H groups in total. The van der Waals surface area contributed by atoms with E-state index in [0.29, 0.717) is 18.8 Å². The molecule has 2 rings (SSSR count). The Morgan fingerprint density at radius 1 is 1.21 bits per heavy atom. The van der Waals surface area contributed by atoms with Crippen molar-refractivity contribution in [3.05, 3.63) is 35.4 Å². The topological polar surface area (TPSA) is 35.5 Å². The summed E-state index contributed by atoms with van der Waals surface area (Å²) >= 11 is 0. The van der Waals surface area contributed by atoms with E-state index in [2.05, 4.69) is 0 Å². The molecular weight excluding hydrogens is 180 g/mol. The summed E-state index contributed by atoms with van der Waals surface area (Å²) in [6.45, 7) is 1.38. The minimum absolute atomic E-state index is 0.370. The van der Waals surface area contributed by atoms with E-state index in [1.165, 1.54) is 0 Å². The number of carbonyl (C=O) groups excluding carboxylic acids is 1. The van der Waals surface area contributed by atoms with E-state index >= 15 is 0 Å². The normalized spacial score (nSPS) is 18.0. The van der Waals surface area contributed by atoms with Gasteiger partial charge in [0.15, 0.2) is 12.6 Å². The molecule has 1 aromatic carbocycles. The number of carbonyl (C=O) groups is 1. The van der Waals surface area contributed by atoms with Crippen LogP contribution in [0.5, 0.6) is 0 Å². The summed E-state index contributed by atoms with van der Waals surface area (Å²) in [5, 5.41) is 0. The van der Waals surface area contributed by atoms with Gasteiger partial charge in [-0.25, -0.2) is 0 Å². The Labute approximate surface area is 82.6 Å². The van der Waals surface area contributed by atoms with Crippen LogP contribution >= 0.6 is 0 Å². The predicted octanol–water partition coefficient (Wildman–Crippen LogP) is 1.93. The first-order chi connectivity index (χ1) is 6.92. The van der Waals surface area contributed by atoms with Gasteiger partial charge in [0.25, 0.3) is 0 Å². The number of ether oxygens (including phenoxy) is 2. The standard InChI is InChI=1S/C11H12O3/c12-8-9-4-1-2-5-10(9)11-13-6-3-7-14-11/h1-2,4-5,8,11H,3,6-7H2. The van der Waals surface area contributed by atoms with Crippen LogP contribution in [0.2, 0.25) is 0 Å². The van der Waals surface area contributed by atoms with E-state index in [0.717, 1.165) is 18.3 Å². The van der Waals surface area contributed by atoms with Crippen molar-refractivity contribution in [3.8, 4) is 0 Å². The van der Waals surface area contributed by atoms with Gasteiger partial charge >= 0.3 is 0 Å². The van der Waals surface area contributed by atoms with Crippen LogP contribution in [-0.4, -0.2) is 19.5 Å². The summed E-state index contributed by atoms with van der Waals surface area (Å²) in [4.78, 5) is 10.8. The Morgan fingerprint density at radius 2 is 1.93 bits per heavy atom. The summed E-state index contributed by atoms with van der Waals surface area (Å²) in [7, 11) is 0. The summed E-state index contributed by atoms with van der Waals surface area (Å²) < 4.78 is 10.9. The molecule has 1 fully saturated rings. The summed E-state index contributed by atoms with van der Waals surface area (Å²) in [5.41, 5.74) is 1.46. The van der Waals surface area contributed by atoms with Crippen molar-refractivity contribution in [1.82, 2.24) is 0 Å². The van der Waals surface area contributed by atoms with Gasteiger partial charge < -0.3 is 9.47 Å². The zero-order chi connectivity index (χ0) is 9.80. The van der Waals surface area contributed by atoms with Crippen LogP contribution in [0.15, 0.2) is 24.3 Å². The lowest BCUT2D eigenvalue weighted by atomic mass is 10.1. The van der Waals surface area contributed by atoms with E-state index < -0.39 is 0 Å². The first-order valence-electron chi connectivity index (χ1n) is 4.69. The Morgan fingerprint density at radius 3 is 2.64 bits per heavy atom. The average molecular weight is 192 g/mol. The third-order valence-corrected chi connectivity index (χ3v) is 2.20. The number of aldehydes is 1. The first kappa shape index (κ1) is 9.37. The lowest BCUT2D eigenvalue weighted by Gasteiger charge is -2.24. The van der Waals surface area contributed by atoms with Crippen LogP contribution in [0.25, 0.3) is 0 Å². The van der Waals surface area contributed by atoms with Gasteiger partial charge in [0, 0.05) is 11.1 Å². The largest absolute Gasteiger partial charge is 0.348 e. The van der Waals surface area contributed by atoms with Gasteiger partial charge in [-0.1, -0.05) is 24.3 Å². The maximum absolute atomic E-state index is 10.8. The number of rotatable bonds is 2. The Bertz CT molecular complexity index is 316. The molecule has 74 valence electrons. The third-order valence-electron chi connectivity index (χ3n) is 2.20. The molecule has 1 aliphatic rings. The Balaban J connectivity index is 2.24. The van der Waals surface area contributed by atoms with E-state index in [-0.39, 0.29) is 6.29 Å². The lowest BCUT2D eigenvalue weighted by molar-refractivity contribution is -0.183. The molecule has 1 saturated heterocycles. The maximum Gasteiger partial charge on any atom is 0.184 e. The maximum atomic E-state index is 10.8. The van der Waals surface area contributed by atoms with Crippen LogP contribution in [0.4, 0.5) is 0 Å². The van der Waals surface area contributed by atoms with Crippen molar-refractivity contribution in [2.24, 2.45) is 0 Å². The SMILES string of the molecule is O=Cc1ccccc1C1OCCCO1. The second-order valence-corrected chi connectivity index (χ2v) is 3.17. The van der Waals surface area contributed by atoms with Crippen molar-refractivity contribution < 1.29 is 14.3 Å². The van der Waals surface area contributed by atoms with Gasteiger partial charge in [-0.15, -0.1) is 0 Å². The van der Waals surface area contributed by atoms with Crippen molar-refractivity contribution >= 4 is 6.29 Å². The lowest BCUT2D eigenvalue weighted by Crippen LogP contribution is -2.18. The summed E-state index contributed by atoms with van der Waals surface area (Å²) in [5.74, 6) is 0. The Hall–Kier alpha value is -1.19. The van der Waals surface area contributed by atoms with E-state index in [4.69, 9.17) is 9.47 Å². The molecule has 0 bridgehead atoms. The zero-order valence-electron chi connectivity index (χ0n) is 7.81. The van der Waals surface area contributed by atoms with Gasteiger partial charge in [0.05, 0.1) is 13.2 Å². The first-order valence-corrected chi connectivity index (χ1v) is 4.69. The van der Waals surface area contributed by atoms with Gasteiger partial charge in [-0.2, -0.15) is 0 Å². The quantitative estimate of drug-likeness (QED) is 0.672. The number of hydrogen-bond donors (Lipinski definition) is 0. The third kappa shape index (κ3) is 1.84. The van der Waals surface area contributed by atoms with E-state index in [9.17, 15) is 4.79 Å². The molecule has 0 saturated carbocycles. The second-order valence-electron chi connectivity index (χ2n) is 3.17. The molecule has 0 aliphatic carbocycles. The molecule has 0 atom stereocenters. The van der Waals surface area contributed by atoms with Crippen LogP contribution in [0.1, 0.15) is 28.6 Å². The molecule has 3 heteroatoms. The molecule has 1 aromatic rings. The highest BCUT2D eigenvalue weighted by atomic mass is 16.7. The number of hydrogen-bond acceptors (Lipinski definition) is 3. The van der Waals surface area contributed by atoms with Gasteiger partial charge in [-0.3, -0.25) is 4.79 Å². The minimum Gasteiger partial charge on any atom is -0.348 e. The molecule has 0 spiro atoms. The van der Waals surface area contributed by atoms with Crippen molar-refractivity contribution in [2.45, 2.75) is 12.7 Å². The molecule has 0 amide bonds. The monoisotopic (exact) mass is 192 g/mol. The van der Waals surface area contributed by atoms with Gasteiger partial charge in [0.1, 0.15) is 0 Å². The van der Waals surface area contributed by atoms with Crippen LogP contribution in [-0.2, 0) is 9.47 Å². The van der Waals surface area contributed by atoms with Crippen LogP contribution < -0.4 is 0 Å². The molecule has 1 aliphatic heterocycles. The van der Waals surface area contributed by atoms with E-state index in [1.807, 2.05) is 18.2 Å². The smallest absolute Gasteiger partial charge is 0.184 e.